The molecule has 3 rings (SSSR count). The minimum atomic E-state index is -0.350. The van der Waals surface area contributed by atoms with E-state index in [1.165, 1.54) is 5.56 Å². The Labute approximate surface area is 158 Å². The van der Waals surface area contributed by atoms with Gasteiger partial charge < -0.3 is 10.6 Å². The van der Waals surface area contributed by atoms with Gasteiger partial charge in [0.25, 0.3) is 11.8 Å². The van der Waals surface area contributed by atoms with E-state index in [1.807, 2.05) is 54.6 Å². The summed E-state index contributed by atoms with van der Waals surface area (Å²) in [4.78, 5) is 28.9. The molecule has 0 spiro atoms. The standard InChI is InChI=1S/C22H21N3O2/c1-2-16-11-13-18(14-12-16)24-22(27)20-10-6-9-19(25-20)21(26)23-15-17-7-4-3-5-8-17/h3-14H,2,15H2,1H3,(H,23,26)(H,24,27). The van der Waals surface area contributed by atoms with E-state index >= 15 is 0 Å². The molecule has 0 fully saturated rings. The molecular weight excluding hydrogens is 338 g/mol. The van der Waals surface area contributed by atoms with Gasteiger partial charge in [0.05, 0.1) is 0 Å². The molecule has 1 heterocycles. The average molecular weight is 359 g/mol. The fourth-order valence-electron chi connectivity index (χ4n) is 2.58. The Hall–Kier alpha value is -3.47. The Bertz CT molecular complexity index is 922. The zero-order valence-electron chi connectivity index (χ0n) is 15.1. The van der Waals surface area contributed by atoms with Crippen LogP contribution in [0.15, 0.2) is 72.8 Å². The number of carbonyl (C=O) groups excluding carboxylic acids is 2. The highest BCUT2D eigenvalue weighted by Gasteiger charge is 2.12. The summed E-state index contributed by atoms with van der Waals surface area (Å²) in [5.41, 5.74) is 3.29. The number of anilines is 1. The zero-order valence-corrected chi connectivity index (χ0v) is 15.1. The van der Waals surface area contributed by atoms with E-state index in [0.29, 0.717) is 12.2 Å². The number of amides is 2. The molecule has 0 unspecified atom stereocenters. The normalized spacial score (nSPS) is 10.3. The van der Waals surface area contributed by atoms with Gasteiger partial charge in [-0.1, -0.05) is 55.5 Å². The van der Waals surface area contributed by atoms with Gasteiger partial charge in [-0.3, -0.25) is 9.59 Å². The number of aromatic nitrogens is 1. The first-order valence-electron chi connectivity index (χ1n) is 8.85. The minimum absolute atomic E-state index is 0.196. The molecule has 5 nitrogen and oxygen atoms in total. The van der Waals surface area contributed by atoms with Crippen LogP contribution in [0.2, 0.25) is 0 Å². The molecule has 0 aliphatic rings. The largest absolute Gasteiger partial charge is 0.347 e. The van der Waals surface area contributed by atoms with Crippen LogP contribution >= 0.6 is 0 Å². The molecule has 5 heteroatoms. The van der Waals surface area contributed by atoms with Gasteiger partial charge in [-0.15, -0.1) is 0 Å². The van der Waals surface area contributed by atoms with Crippen molar-refractivity contribution in [2.75, 3.05) is 5.32 Å². The Morgan fingerprint density at radius 3 is 2.11 bits per heavy atom. The van der Waals surface area contributed by atoms with Crippen molar-refractivity contribution in [2.45, 2.75) is 19.9 Å². The van der Waals surface area contributed by atoms with Crippen LogP contribution in [0.4, 0.5) is 5.69 Å². The van der Waals surface area contributed by atoms with Crippen LogP contribution in [0.25, 0.3) is 0 Å². The number of hydrogen-bond donors (Lipinski definition) is 2. The third kappa shape index (κ3) is 5.01. The number of pyridine rings is 1. The Kier molecular flexibility index (Phi) is 5.94. The third-order valence-corrected chi connectivity index (χ3v) is 4.13. The van der Waals surface area contributed by atoms with Crippen LogP contribution in [-0.2, 0) is 13.0 Å². The number of nitrogens with zero attached hydrogens (tertiary/aromatic N) is 1. The van der Waals surface area contributed by atoms with Crippen molar-refractivity contribution in [3.05, 3.63) is 95.3 Å². The maximum atomic E-state index is 12.4. The molecule has 2 N–H and O–H groups in total. The molecule has 2 aromatic carbocycles. The van der Waals surface area contributed by atoms with E-state index in [0.717, 1.165) is 12.0 Å². The van der Waals surface area contributed by atoms with Gasteiger partial charge in [-0.05, 0) is 41.8 Å². The SMILES string of the molecule is CCc1ccc(NC(=O)c2cccc(C(=O)NCc3ccccc3)n2)cc1. The molecule has 0 radical (unpaired) electrons. The van der Waals surface area contributed by atoms with Crippen molar-refractivity contribution >= 4 is 17.5 Å². The maximum Gasteiger partial charge on any atom is 0.274 e. The molecule has 1 aromatic heterocycles. The molecule has 0 aliphatic carbocycles. The van der Waals surface area contributed by atoms with Crippen molar-refractivity contribution in [1.82, 2.24) is 10.3 Å². The van der Waals surface area contributed by atoms with Crippen molar-refractivity contribution < 1.29 is 9.59 Å². The molecule has 0 aliphatic heterocycles. The lowest BCUT2D eigenvalue weighted by molar-refractivity contribution is 0.0945. The molecule has 0 bridgehead atoms. The monoisotopic (exact) mass is 359 g/mol. The fraction of sp³-hybridized carbons (Fsp3) is 0.136. The first-order chi connectivity index (χ1) is 13.2. The van der Waals surface area contributed by atoms with E-state index in [9.17, 15) is 9.59 Å². The van der Waals surface area contributed by atoms with E-state index < -0.39 is 0 Å². The summed E-state index contributed by atoms with van der Waals surface area (Å²) in [7, 11) is 0. The second-order valence-corrected chi connectivity index (χ2v) is 6.08. The first kappa shape index (κ1) is 18.3. The molecule has 136 valence electrons. The van der Waals surface area contributed by atoms with Gasteiger partial charge in [0.2, 0.25) is 0 Å². The van der Waals surface area contributed by atoms with Crippen molar-refractivity contribution in [1.29, 1.82) is 0 Å². The van der Waals surface area contributed by atoms with E-state index in [1.54, 1.807) is 18.2 Å². The number of rotatable bonds is 6. The summed E-state index contributed by atoms with van der Waals surface area (Å²) in [6, 6.07) is 22.1. The number of hydrogen-bond acceptors (Lipinski definition) is 3. The quantitative estimate of drug-likeness (QED) is 0.703. The smallest absolute Gasteiger partial charge is 0.274 e. The van der Waals surface area contributed by atoms with Gasteiger partial charge in [0.1, 0.15) is 11.4 Å². The summed E-state index contributed by atoms with van der Waals surface area (Å²) >= 11 is 0. The Morgan fingerprint density at radius 2 is 1.44 bits per heavy atom. The second kappa shape index (κ2) is 8.76. The first-order valence-corrected chi connectivity index (χ1v) is 8.85. The van der Waals surface area contributed by atoms with Crippen LogP contribution < -0.4 is 10.6 Å². The van der Waals surface area contributed by atoms with Gasteiger partial charge in [-0.2, -0.15) is 0 Å². The van der Waals surface area contributed by atoms with Crippen LogP contribution in [0.1, 0.15) is 39.0 Å². The maximum absolute atomic E-state index is 12.4. The summed E-state index contributed by atoms with van der Waals surface area (Å²) in [6.07, 6.45) is 0.940. The predicted octanol–water partition coefficient (Wildman–Crippen LogP) is 3.83. The summed E-state index contributed by atoms with van der Waals surface area (Å²) in [6.45, 7) is 2.48. The van der Waals surface area contributed by atoms with Crippen LogP contribution in [0.3, 0.4) is 0 Å². The molecule has 27 heavy (non-hydrogen) atoms. The molecule has 0 saturated heterocycles. The minimum Gasteiger partial charge on any atom is -0.347 e. The topological polar surface area (TPSA) is 71.1 Å². The molecule has 0 atom stereocenters. The van der Waals surface area contributed by atoms with Gasteiger partial charge >= 0.3 is 0 Å². The predicted molar refractivity (Wildman–Crippen MR) is 106 cm³/mol. The zero-order chi connectivity index (χ0) is 19.1. The van der Waals surface area contributed by atoms with Crippen LogP contribution in [-0.4, -0.2) is 16.8 Å². The van der Waals surface area contributed by atoms with Gasteiger partial charge in [0, 0.05) is 12.2 Å². The lowest BCUT2D eigenvalue weighted by atomic mass is 10.1. The lowest BCUT2D eigenvalue weighted by Crippen LogP contribution is -2.25. The molecule has 3 aromatic rings. The van der Waals surface area contributed by atoms with Crippen LogP contribution in [0.5, 0.6) is 0 Å². The molecular formula is C22H21N3O2. The molecule has 0 saturated carbocycles. The Morgan fingerprint density at radius 1 is 0.778 bits per heavy atom. The van der Waals surface area contributed by atoms with E-state index in [2.05, 4.69) is 22.5 Å². The average Bonchev–Trinajstić information content (AvgIpc) is 2.73. The highest BCUT2D eigenvalue weighted by molar-refractivity contribution is 6.03. The highest BCUT2D eigenvalue weighted by Crippen LogP contribution is 2.11. The van der Waals surface area contributed by atoms with Crippen molar-refractivity contribution in [3.8, 4) is 0 Å². The second-order valence-electron chi connectivity index (χ2n) is 6.08. The van der Waals surface area contributed by atoms with Gasteiger partial charge in [0.15, 0.2) is 0 Å². The van der Waals surface area contributed by atoms with Gasteiger partial charge in [-0.25, -0.2) is 4.98 Å². The summed E-state index contributed by atoms with van der Waals surface area (Å²) in [5.74, 6) is -0.669. The third-order valence-electron chi connectivity index (χ3n) is 4.13. The van der Waals surface area contributed by atoms with Crippen molar-refractivity contribution in [2.24, 2.45) is 0 Å². The highest BCUT2D eigenvalue weighted by atomic mass is 16.2. The number of benzene rings is 2. The number of carbonyl (C=O) groups is 2. The number of aryl methyl sites for hydroxylation is 1. The Balaban J connectivity index is 1.64. The summed E-state index contributed by atoms with van der Waals surface area (Å²) in [5, 5.41) is 5.61. The molecule has 2 amide bonds. The van der Waals surface area contributed by atoms with Crippen molar-refractivity contribution in [3.63, 3.8) is 0 Å². The van der Waals surface area contributed by atoms with Crippen LogP contribution in [0, 0.1) is 0 Å². The van der Waals surface area contributed by atoms with E-state index in [-0.39, 0.29) is 23.2 Å². The lowest BCUT2D eigenvalue weighted by Gasteiger charge is -2.08. The number of nitrogens with one attached hydrogen (secondary N) is 2. The van der Waals surface area contributed by atoms with E-state index in [4.69, 9.17) is 0 Å². The summed E-state index contributed by atoms with van der Waals surface area (Å²) < 4.78 is 0. The fourth-order valence-corrected chi connectivity index (χ4v) is 2.58.